The van der Waals surface area contributed by atoms with Crippen molar-refractivity contribution in [3.63, 3.8) is 0 Å². The van der Waals surface area contributed by atoms with Crippen LogP contribution < -0.4 is 10.1 Å². The molecule has 3 aromatic rings. The maximum Gasteiger partial charge on any atom is 0.247 e. The van der Waals surface area contributed by atoms with Crippen molar-refractivity contribution in [3.05, 3.63) is 54.4 Å². The molecule has 1 aliphatic heterocycles. The van der Waals surface area contributed by atoms with E-state index in [1.54, 1.807) is 6.20 Å². The molecule has 0 bridgehead atoms. The van der Waals surface area contributed by atoms with Gasteiger partial charge in [0.25, 0.3) is 0 Å². The standard InChI is InChI=1S/C16H13N5OS/c1-23-16-19-15-13(20-21-16)10-6-2-3-7-11(10)18-14(22-15)12-8-4-5-9-17-12/h2-9,14,18H,1H3/t14-/m1/s1. The highest BCUT2D eigenvalue weighted by Crippen LogP contribution is 2.38. The van der Waals surface area contributed by atoms with Crippen LogP contribution in [0, 0.1) is 0 Å². The number of thioether (sulfide) groups is 1. The van der Waals surface area contributed by atoms with Gasteiger partial charge in [0.15, 0.2) is 5.69 Å². The molecule has 7 heteroatoms. The van der Waals surface area contributed by atoms with Gasteiger partial charge in [0.1, 0.15) is 5.69 Å². The van der Waals surface area contributed by atoms with E-state index < -0.39 is 6.23 Å². The van der Waals surface area contributed by atoms with Gasteiger partial charge < -0.3 is 10.1 Å². The molecule has 0 amide bonds. The topological polar surface area (TPSA) is 72.8 Å². The maximum absolute atomic E-state index is 6.07. The Morgan fingerprint density at radius 2 is 1.96 bits per heavy atom. The quantitative estimate of drug-likeness (QED) is 0.726. The van der Waals surface area contributed by atoms with Crippen LogP contribution in [0.3, 0.4) is 0 Å². The average Bonchev–Trinajstić information content (AvgIpc) is 2.78. The van der Waals surface area contributed by atoms with Crippen molar-refractivity contribution in [2.75, 3.05) is 11.6 Å². The Labute approximate surface area is 137 Å². The summed E-state index contributed by atoms with van der Waals surface area (Å²) < 4.78 is 6.07. The van der Waals surface area contributed by atoms with Crippen molar-refractivity contribution in [2.24, 2.45) is 0 Å². The number of ether oxygens (including phenoxy) is 1. The fraction of sp³-hybridized carbons (Fsp3) is 0.125. The molecule has 23 heavy (non-hydrogen) atoms. The van der Waals surface area contributed by atoms with Crippen LogP contribution in [-0.4, -0.2) is 26.4 Å². The first-order chi connectivity index (χ1) is 11.3. The molecule has 0 aliphatic carbocycles. The third-order valence-electron chi connectivity index (χ3n) is 3.47. The van der Waals surface area contributed by atoms with E-state index in [1.807, 2.05) is 48.7 Å². The largest absolute Gasteiger partial charge is 0.446 e. The zero-order valence-electron chi connectivity index (χ0n) is 12.3. The molecule has 1 aliphatic rings. The monoisotopic (exact) mass is 323 g/mol. The summed E-state index contributed by atoms with van der Waals surface area (Å²) in [6, 6.07) is 13.6. The maximum atomic E-state index is 6.07. The molecular formula is C16H13N5OS. The van der Waals surface area contributed by atoms with Crippen molar-refractivity contribution in [1.29, 1.82) is 0 Å². The van der Waals surface area contributed by atoms with E-state index in [4.69, 9.17) is 4.74 Å². The number of hydrogen-bond acceptors (Lipinski definition) is 7. The summed E-state index contributed by atoms with van der Waals surface area (Å²) in [6.07, 6.45) is 3.21. The lowest BCUT2D eigenvalue weighted by Crippen LogP contribution is -2.18. The molecule has 1 atom stereocenters. The summed E-state index contributed by atoms with van der Waals surface area (Å²) in [5, 5.41) is 12.4. The van der Waals surface area contributed by atoms with E-state index in [-0.39, 0.29) is 0 Å². The highest BCUT2D eigenvalue weighted by Gasteiger charge is 2.26. The number of pyridine rings is 1. The molecule has 0 spiro atoms. The lowest BCUT2D eigenvalue weighted by Gasteiger charge is -2.18. The van der Waals surface area contributed by atoms with Gasteiger partial charge in [-0.3, -0.25) is 4.98 Å². The van der Waals surface area contributed by atoms with Gasteiger partial charge in [0.2, 0.25) is 17.3 Å². The van der Waals surface area contributed by atoms with Crippen LogP contribution in [0.2, 0.25) is 0 Å². The van der Waals surface area contributed by atoms with Crippen molar-refractivity contribution in [2.45, 2.75) is 11.4 Å². The Hall–Kier alpha value is -2.67. The Balaban J connectivity index is 1.87. The summed E-state index contributed by atoms with van der Waals surface area (Å²) in [6.45, 7) is 0. The van der Waals surface area contributed by atoms with E-state index in [0.717, 1.165) is 16.9 Å². The van der Waals surface area contributed by atoms with Gasteiger partial charge in [-0.05, 0) is 24.5 Å². The molecule has 114 valence electrons. The molecular weight excluding hydrogens is 310 g/mol. The third-order valence-corrected chi connectivity index (χ3v) is 4.01. The number of nitrogens with zero attached hydrogens (tertiary/aromatic N) is 4. The zero-order valence-corrected chi connectivity index (χ0v) is 13.1. The highest BCUT2D eigenvalue weighted by molar-refractivity contribution is 7.98. The second-order valence-corrected chi connectivity index (χ2v) is 5.67. The van der Waals surface area contributed by atoms with Crippen LogP contribution >= 0.6 is 11.8 Å². The second-order valence-electron chi connectivity index (χ2n) is 4.89. The predicted octanol–water partition coefficient (Wildman–Crippen LogP) is 3.16. The molecule has 4 rings (SSSR count). The number of fused-ring (bicyclic) bond motifs is 3. The van der Waals surface area contributed by atoms with Crippen molar-refractivity contribution < 1.29 is 4.74 Å². The van der Waals surface area contributed by atoms with Crippen LogP contribution in [0.1, 0.15) is 11.9 Å². The highest BCUT2D eigenvalue weighted by atomic mass is 32.2. The Bertz CT molecular complexity index is 843. The van der Waals surface area contributed by atoms with E-state index in [9.17, 15) is 0 Å². The Morgan fingerprint density at radius 1 is 1.09 bits per heavy atom. The van der Waals surface area contributed by atoms with Crippen LogP contribution in [0.5, 0.6) is 5.88 Å². The van der Waals surface area contributed by atoms with Gasteiger partial charge in [-0.2, -0.15) is 4.98 Å². The molecule has 0 radical (unpaired) electrons. The molecule has 1 N–H and O–H groups in total. The van der Waals surface area contributed by atoms with Crippen molar-refractivity contribution in [1.82, 2.24) is 20.2 Å². The molecule has 2 aromatic heterocycles. The van der Waals surface area contributed by atoms with Gasteiger partial charge in [-0.25, -0.2) is 0 Å². The van der Waals surface area contributed by atoms with Crippen molar-refractivity contribution in [3.8, 4) is 17.1 Å². The first kappa shape index (κ1) is 14.0. The predicted molar refractivity (Wildman–Crippen MR) is 88.3 cm³/mol. The van der Waals surface area contributed by atoms with Gasteiger partial charge in [0.05, 0.1) is 0 Å². The molecule has 0 saturated heterocycles. The number of benzene rings is 1. The van der Waals surface area contributed by atoms with Gasteiger partial charge >= 0.3 is 0 Å². The minimum absolute atomic E-state index is 0.440. The fourth-order valence-electron chi connectivity index (χ4n) is 2.40. The fourth-order valence-corrected chi connectivity index (χ4v) is 2.70. The summed E-state index contributed by atoms with van der Waals surface area (Å²) in [5.41, 5.74) is 3.23. The lowest BCUT2D eigenvalue weighted by atomic mass is 10.1. The van der Waals surface area contributed by atoms with E-state index in [2.05, 4.69) is 25.5 Å². The van der Waals surface area contributed by atoms with Crippen molar-refractivity contribution >= 4 is 17.4 Å². The second kappa shape index (κ2) is 5.85. The van der Waals surface area contributed by atoms with Gasteiger partial charge in [0, 0.05) is 17.4 Å². The number of rotatable bonds is 2. The number of nitrogens with one attached hydrogen (secondary N) is 1. The van der Waals surface area contributed by atoms with Gasteiger partial charge in [-0.1, -0.05) is 36.0 Å². The zero-order chi connectivity index (χ0) is 15.6. The number of aromatic nitrogens is 4. The molecule has 0 saturated carbocycles. The molecule has 6 nitrogen and oxygen atoms in total. The third kappa shape index (κ3) is 2.59. The van der Waals surface area contributed by atoms with E-state index >= 15 is 0 Å². The summed E-state index contributed by atoms with van der Waals surface area (Å²) in [7, 11) is 0. The van der Waals surface area contributed by atoms with Crippen LogP contribution in [0.25, 0.3) is 11.3 Å². The van der Waals surface area contributed by atoms with Crippen LogP contribution in [0.4, 0.5) is 5.69 Å². The van der Waals surface area contributed by atoms with Gasteiger partial charge in [-0.15, -0.1) is 10.2 Å². The normalized spacial score (nSPS) is 15.6. The lowest BCUT2D eigenvalue weighted by molar-refractivity contribution is 0.220. The Morgan fingerprint density at radius 3 is 2.78 bits per heavy atom. The van der Waals surface area contributed by atoms with Crippen LogP contribution in [-0.2, 0) is 0 Å². The number of anilines is 1. The number of hydrogen-bond donors (Lipinski definition) is 1. The van der Waals surface area contributed by atoms with Crippen LogP contribution in [0.15, 0.2) is 53.8 Å². The first-order valence-corrected chi connectivity index (χ1v) is 8.30. The summed E-state index contributed by atoms with van der Waals surface area (Å²) in [5.74, 6) is 0.456. The minimum atomic E-state index is -0.440. The smallest absolute Gasteiger partial charge is 0.247 e. The average molecular weight is 323 g/mol. The van der Waals surface area contributed by atoms with E-state index in [0.29, 0.717) is 16.7 Å². The first-order valence-electron chi connectivity index (χ1n) is 7.07. The minimum Gasteiger partial charge on any atom is -0.446 e. The number of para-hydroxylation sites is 1. The molecule has 3 heterocycles. The molecule has 0 unspecified atom stereocenters. The van der Waals surface area contributed by atoms with E-state index in [1.165, 1.54) is 11.8 Å². The summed E-state index contributed by atoms with van der Waals surface area (Å²) in [4.78, 5) is 8.84. The molecule has 0 fully saturated rings. The SMILES string of the molecule is CSc1nnc2c(n1)O[C@H](c1ccccn1)Nc1ccccc1-2. The Kier molecular flexibility index (Phi) is 3.55. The molecule has 1 aromatic carbocycles. The summed E-state index contributed by atoms with van der Waals surface area (Å²) >= 11 is 1.43.